The number of likely N-dealkylation sites (tertiary alicyclic amines) is 1. The number of hydrogen-bond acceptors (Lipinski definition) is 4. The fraction of sp³-hybridized carbons (Fsp3) is 0.421. The van der Waals surface area contributed by atoms with Crippen molar-refractivity contribution in [2.24, 2.45) is 0 Å². The molecule has 1 aromatic carbocycles. The van der Waals surface area contributed by atoms with Gasteiger partial charge in [-0.05, 0) is 50.4 Å². The summed E-state index contributed by atoms with van der Waals surface area (Å²) < 4.78 is 1.91. The molecule has 0 saturated carbocycles. The largest absolute Gasteiger partial charge is 0.298 e. The lowest BCUT2D eigenvalue weighted by atomic mass is 9.93. The van der Waals surface area contributed by atoms with Crippen LogP contribution in [0.2, 0.25) is 0 Å². The molecular formula is C19H23N5. The maximum absolute atomic E-state index is 4.47. The number of nitrogens with zero attached hydrogens (tertiary/aromatic N) is 5. The van der Waals surface area contributed by atoms with Crippen molar-refractivity contribution in [2.45, 2.75) is 39.2 Å². The topological polar surface area (TPSA) is 46.3 Å². The third-order valence-electron chi connectivity index (χ3n) is 4.99. The predicted molar refractivity (Wildman–Crippen MR) is 94.0 cm³/mol. The summed E-state index contributed by atoms with van der Waals surface area (Å²) >= 11 is 0. The van der Waals surface area contributed by atoms with Crippen molar-refractivity contribution in [3.8, 4) is 0 Å². The van der Waals surface area contributed by atoms with Crippen LogP contribution in [0.5, 0.6) is 0 Å². The van der Waals surface area contributed by atoms with Crippen molar-refractivity contribution in [1.29, 1.82) is 0 Å². The predicted octanol–water partition coefficient (Wildman–Crippen LogP) is 3.12. The number of fused-ring (bicyclic) bond motifs is 1. The summed E-state index contributed by atoms with van der Waals surface area (Å²) in [5.74, 6) is 1.19. The van der Waals surface area contributed by atoms with Gasteiger partial charge in [-0.25, -0.2) is 9.50 Å². The molecule has 2 aromatic heterocycles. The van der Waals surface area contributed by atoms with Crippen LogP contribution in [0.15, 0.2) is 36.7 Å². The van der Waals surface area contributed by atoms with E-state index in [2.05, 4.69) is 57.2 Å². The van der Waals surface area contributed by atoms with Crippen LogP contribution in [0.3, 0.4) is 0 Å². The molecule has 0 N–H and O–H groups in total. The number of piperidine rings is 1. The van der Waals surface area contributed by atoms with Gasteiger partial charge in [0.2, 0.25) is 0 Å². The van der Waals surface area contributed by atoms with Gasteiger partial charge < -0.3 is 0 Å². The van der Waals surface area contributed by atoms with Gasteiger partial charge in [-0.15, -0.1) is 0 Å². The Hall–Kier alpha value is -2.27. The summed E-state index contributed by atoms with van der Waals surface area (Å²) in [6.45, 7) is 7.48. The van der Waals surface area contributed by atoms with Gasteiger partial charge in [0.05, 0.1) is 5.69 Å². The average molecular weight is 321 g/mol. The number of hydrogen-bond donors (Lipinski definition) is 0. The van der Waals surface area contributed by atoms with Gasteiger partial charge in [-0.3, -0.25) is 4.90 Å². The second kappa shape index (κ2) is 6.32. The smallest absolute Gasteiger partial charge is 0.252 e. The Morgan fingerprint density at radius 3 is 2.96 bits per heavy atom. The molecule has 124 valence electrons. The minimum absolute atomic E-state index is 0.480. The lowest BCUT2D eigenvalue weighted by Gasteiger charge is -2.33. The van der Waals surface area contributed by atoms with Crippen LogP contribution in [-0.4, -0.2) is 37.6 Å². The SMILES string of the molecule is Cc1cc(C2CCCN(Cc3ccccc3C)C2)n2ncnc2n1. The van der Waals surface area contributed by atoms with E-state index in [1.54, 1.807) is 6.33 Å². The number of aromatic nitrogens is 4. The van der Waals surface area contributed by atoms with Crippen molar-refractivity contribution in [1.82, 2.24) is 24.5 Å². The van der Waals surface area contributed by atoms with E-state index in [1.807, 2.05) is 11.4 Å². The molecule has 3 heterocycles. The fourth-order valence-corrected chi connectivity index (χ4v) is 3.72. The van der Waals surface area contributed by atoms with E-state index < -0.39 is 0 Å². The molecule has 1 aliphatic rings. The molecule has 0 radical (unpaired) electrons. The van der Waals surface area contributed by atoms with E-state index in [0.717, 1.165) is 25.3 Å². The van der Waals surface area contributed by atoms with E-state index in [-0.39, 0.29) is 0 Å². The molecule has 1 unspecified atom stereocenters. The van der Waals surface area contributed by atoms with Crippen molar-refractivity contribution < 1.29 is 0 Å². The van der Waals surface area contributed by atoms with E-state index in [0.29, 0.717) is 11.7 Å². The number of rotatable bonds is 3. The molecule has 5 nitrogen and oxygen atoms in total. The minimum atomic E-state index is 0.480. The maximum Gasteiger partial charge on any atom is 0.252 e. The van der Waals surface area contributed by atoms with Crippen LogP contribution in [-0.2, 0) is 6.54 Å². The molecule has 0 spiro atoms. The highest BCUT2D eigenvalue weighted by molar-refractivity contribution is 5.32. The van der Waals surface area contributed by atoms with Crippen LogP contribution < -0.4 is 0 Å². The Morgan fingerprint density at radius 2 is 2.08 bits per heavy atom. The zero-order chi connectivity index (χ0) is 16.5. The normalized spacial score (nSPS) is 19.0. The highest BCUT2D eigenvalue weighted by Crippen LogP contribution is 2.28. The third kappa shape index (κ3) is 2.91. The summed E-state index contributed by atoms with van der Waals surface area (Å²) in [6, 6.07) is 10.9. The summed E-state index contributed by atoms with van der Waals surface area (Å²) in [7, 11) is 0. The first-order valence-corrected chi connectivity index (χ1v) is 8.65. The van der Waals surface area contributed by atoms with Crippen LogP contribution >= 0.6 is 0 Å². The molecule has 1 saturated heterocycles. The van der Waals surface area contributed by atoms with E-state index in [1.165, 1.54) is 29.7 Å². The summed E-state index contributed by atoms with van der Waals surface area (Å²) in [6.07, 6.45) is 4.01. The zero-order valence-electron chi connectivity index (χ0n) is 14.3. The number of benzene rings is 1. The van der Waals surface area contributed by atoms with E-state index in [9.17, 15) is 0 Å². The first kappa shape index (κ1) is 15.3. The molecule has 1 aliphatic heterocycles. The Labute approximate surface area is 142 Å². The van der Waals surface area contributed by atoms with Gasteiger partial charge in [-0.2, -0.15) is 10.1 Å². The molecule has 0 bridgehead atoms. The quantitative estimate of drug-likeness (QED) is 0.743. The zero-order valence-corrected chi connectivity index (χ0v) is 14.3. The molecular weight excluding hydrogens is 298 g/mol. The second-order valence-corrected chi connectivity index (χ2v) is 6.79. The third-order valence-corrected chi connectivity index (χ3v) is 4.99. The van der Waals surface area contributed by atoms with Crippen LogP contribution in [0.1, 0.15) is 41.3 Å². The molecule has 0 aliphatic carbocycles. The van der Waals surface area contributed by atoms with Gasteiger partial charge in [0.25, 0.3) is 5.78 Å². The summed E-state index contributed by atoms with van der Waals surface area (Å²) in [5, 5.41) is 4.38. The lowest BCUT2D eigenvalue weighted by Crippen LogP contribution is -2.34. The summed E-state index contributed by atoms with van der Waals surface area (Å²) in [5.41, 5.74) is 5.05. The highest BCUT2D eigenvalue weighted by atomic mass is 15.3. The second-order valence-electron chi connectivity index (χ2n) is 6.79. The van der Waals surface area contributed by atoms with Gasteiger partial charge in [-0.1, -0.05) is 24.3 Å². The molecule has 0 amide bonds. The van der Waals surface area contributed by atoms with E-state index in [4.69, 9.17) is 0 Å². The monoisotopic (exact) mass is 321 g/mol. The van der Waals surface area contributed by atoms with Crippen LogP contribution in [0.25, 0.3) is 5.78 Å². The Kier molecular flexibility index (Phi) is 4.02. The van der Waals surface area contributed by atoms with Gasteiger partial charge >= 0.3 is 0 Å². The van der Waals surface area contributed by atoms with Gasteiger partial charge in [0.15, 0.2) is 0 Å². The highest BCUT2D eigenvalue weighted by Gasteiger charge is 2.24. The lowest BCUT2D eigenvalue weighted by molar-refractivity contribution is 0.197. The van der Waals surface area contributed by atoms with Gasteiger partial charge in [0, 0.05) is 24.7 Å². The minimum Gasteiger partial charge on any atom is -0.298 e. The van der Waals surface area contributed by atoms with Gasteiger partial charge in [0.1, 0.15) is 6.33 Å². The molecule has 1 fully saturated rings. The maximum atomic E-state index is 4.47. The molecule has 3 aromatic rings. The molecule has 1 atom stereocenters. The summed E-state index contributed by atoms with van der Waals surface area (Å²) in [4.78, 5) is 11.3. The standard InChI is InChI=1S/C19H23N5/c1-14-6-3-4-7-16(14)11-23-9-5-8-17(12-23)18-10-15(2)22-19-20-13-21-24(18)19/h3-4,6-7,10,13,17H,5,8-9,11-12H2,1-2H3. The van der Waals surface area contributed by atoms with Crippen molar-refractivity contribution in [2.75, 3.05) is 13.1 Å². The fourth-order valence-electron chi connectivity index (χ4n) is 3.72. The first-order valence-electron chi connectivity index (χ1n) is 8.65. The molecule has 4 rings (SSSR count). The van der Waals surface area contributed by atoms with Crippen LogP contribution in [0, 0.1) is 13.8 Å². The molecule has 24 heavy (non-hydrogen) atoms. The first-order chi connectivity index (χ1) is 11.7. The number of aryl methyl sites for hydroxylation is 2. The van der Waals surface area contributed by atoms with Crippen molar-refractivity contribution in [3.05, 3.63) is 59.2 Å². The Balaban J connectivity index is 1.58. The van der Waals surface area contributed by atoms with E-state index >= 15 is 0 Å². The average Bonchev–Trinajstić information content (AvgIpc) is 3.05. The van der Waals surface area contributed by atoms with Crippen LogP contribution in [0.4, 0.5) is 0 Å². The Bertz CT molecular complexity index is 854. The van der Waals surface area contributed by atoms with Crippen molar-refractivity contribution in [3.63, 3.8) is 0 Å². The molecule has 5 heteroatoms. The van der Waals surface area contributed by atoms with Crippen molar-refractivity contribution >= 4 is 5.78 Å². The Morgan fingerprint density at radius 1 is 1.21 bits per heavy atom.